The van der Waals surface area contributed by atoms with E-state index >= 15 is 0 Å². The van der Waals surface area contributed by atoms with Crippen molar-refractivity contribution in [1.29, 1.82) is 0 Å². The number of carbonyl (C=O) groups is 1. The van der Waals surface area contributed by atoms with Crippen LogP contribution in [0.3, 0.4) is 0 Å². The second-order valence-electron chi connectivity index (χ2n) is 6.27. The van der Waals surface area contributed by atoms with Gasteiger partial charge in [0.25, 0.3) is 0 Å². The van der Waals surface area contributed by atoms with Crippen LogP contribution in [0.4, 0.5) is 5.69 Å². The maximum Gasteiger partial charge on any atom is 0.231 e. The minimum absolute atomic E-state index is 0.0517. The molecule has 1 aliphatic rings. The number of fused-ring (bicyclic) bond motifs is 1. The molecule has 7 heteroatoms. The molecule has 1 aliphatic heterocycles. The largest absolute Gasteiger partial charge is 0.492 e. The van der Waals surface area contributed by atoms with Crippen molar-refractivity contribution < 1.29 is 9.53 Å². The molecule has 0 unspecified atom stereocenters. The van der Waals surface area contributed by atoms with Gasteiger partial charge < -0.3 is 10.1 Å². The van der Waals surface area contributed by atoms with Crippen LogP contribution in [0.15, 0.2) is 48.5 Å². The molecule has 0 saturated heterocycles. The maximum absolute atomic E-state index is 12.7. The molecule has 4 rings (SSSR count). The van der Waals surface area contributed by atoms with Gasteiger partial charge in [0.2, 0.25) is 5.91 Å². The van der Waals surface area contributed by atoms with Gasteiger partial charge in [-0.15, -0.1) is 0 Å². The first kappa shape index (κ1) is 16.5. The van der Waals surface area contributed by atoms with Gasteiger partial charge in [-0.3, -0.25) is 14.5 Å². The van der Waals surface area contributed by atoms with Gasteiger partial charge in [-0.2, -0.15) is 5.10 Å². The summed E-state index contributed by atoms with van der Waals surface area (Å²) < 4.78 is 8.06. The van der Waals surface area contributed by atoms with Gasteiger partial charge in [-0.25, -0.2) is 0 Å². The highest BCUT2D eigenvalue weighted by molar-refractivity contribution is 7.71. The van der Waals surface area contributed by atoms with E-state index < -0.39 is 0 Å². The van der Waals surface area contributed by atoms with E-state index in [1.54, 1.807) is 0 Å². The molecule has 2 N–H and O–H groups in total. The van der Waals surface area contributed by atoms with E-state index in [-0.39, 0.29) is 11.8 Å². The number of carbonyl (C=O) groups excluding carboxylic acids is 1. The summed E-state index contributed by atoms with van der Waals surface area (Å²) in [6, 6.07) is 15.4. The summed E-state index contributed by atoms with van der Waals surface area (Å²) in [5, 5.41) is 9.88. The number of amides is 1. The number of hydrogen-bond donors (Lipinski definition) is 2. The number of ether oxygens (including phenoxy) is 1. The van der Waals surface area contributed by atoms with Gasteiger partial charge >= 0.3 is 0 Å². The molecule has 0 fully saturated rings. The van der Waals surface area contributed by atoms with E-state index in [0.717, 1.165) is 22.8 Å². The summed E-state index contributed by atoms with van der Waals surface area (Å²) in [7, 11) is 0. The van der Waals surface area contributed by atoms with Crippen molar-refractivity contribution in [3.63, 3.8) is 0 Å². The number of rotatable bonds is 3. The molecule has 2 aromatic carbocycles. The van der Waals surface area contributed by atoms with Crippen LogP contribution in [0, 0.1) is 17.6 Å². The average Bonchev–Trinajstić information content (AvgIpc) is 3.00. The highest BCUT2D eigenvalue weighted by atomic mass is 32.1. The summed E-state index contributed by atoms with van der Waals surface area (Å²) in [6.45, 7) is 2.25. The number of para-hydroxylation sites is 1. The fourth-order valence-corrected chi connectivity index (χ4v) is 3.43. The van der Waals surface area contributed by atoms with Gasteiger partial charge in [-0.05, 0) is 55.4 Å². The molecule has 3 aromatic rings. The first-order chi connectivity index (χ1) is 12.6. The molecular formula is C19H18N4O2S. The van der Waals surface area contributed by atoms with Crippen LogP contribution in [0.25, 0.3) is 5.69 Å². The first-order valence-electron chi connectivity index (χ1n) is 8.38. The van der Waals surface area contributed by atoms with Crippen LogP contribution in [0.2, 0.25) is 0 Å². The minimum Gasteiger partial charge on any atom is -0.492 e. The predicted octanol–water partition coefficient (Wildman–Crippen LogP) is 3.43. The quantitative estimate of drug-likeness (QED) is 0.697. The molecule has 0 bridgehead atoms. The monoisotopic (exact) mass is 366 g/mol. The normalized spacial score (nSPS) is 15.8. The zero-order valence-electron chi connectivity index (χ0n) is 14.2. The summed E-state index contributed by atoms with van der Waals surface area (Å²) >= 11 is 5.27. The van der Waals surface area contributed by atoms with Crippen molar-refractivity contribution in [3.8, 4) is 11.4 Å². The van der Waals surface area contributed by atoms with E-state index in [4.69, 9.17) is 17.0 Å². The van der Waals surface area contributed by atoms with Crippen molar-refractivity contribution in [1.82, 2.24) is 14.8 Å². The van der Waals surface area contributed by atoms with E-state index in [9.17, 15) is 4.79 Å². The Labute approximate surface area is 155 Å². The summed E-state index contributed by atoms with van der Waals surface area (Å²) in [5.41, 5.74) is 2.63. The lowest BCUT2D eigenvalue weighted by Gasteiger charge is -2.24. The lowest BCUT2D eigenvalue weighted by Crippen LogP contribution is -2.32. The van der Waals surface area contributed by atoms with Gasteiger partial charge in [0.05, 0.1) is 11.6 Å². The van der Waals surface area contributed by atoms with Gasteiger partial charge in [-0.1, -0.05) is 24.3 Å². The lowest BCUT2D eigenvalue weighted by molar-refractivity contribution is -0.121. The number of anilines is 1. The van der Waals surface area contributed by atoms with Crippen LogP contribution in [0.1, 0.15) is 11.4 Å². The lowest BCUT2D eigenvalue weighted by atomic mass is 9.96. The van der Waals surface area contributed by atoms with Crippen LogP contribution in [-0.4, -0.2) is 27.3 Å². The predicted molar refractivity (Wildman–Crippen MR) is 101 cm³/mol. The number of H-pyrrole nitrogens is 1. The Hall–Kier alpha value is -2.93. The topological polar surface area (TPSA) is 71.9 Å². The van der Waals surface area contributed by atoms with E-state index in [1.807, 2.05) is 60.0 Å². The number of aromatic amines is 1. The molecule has 2 heterocycles. The molecule has 1 aromatic heterocycles. The number of nitrogens with one attached hydrogen (secondary N) is 2. The Bertz CT molecular complexity index is 1020. The SMILES string of the molecule is Cc1n[nH]c(=S)n1-c1cccc(NC(=O)[C@H]2COc3ccccc3C2)c1. The zero-order valence-corrected chi connectivity index (χ0v) is 15.0. The van der Waals surface area contributed by atoms with E-state index in [1.165, 1.54) is 0 Å². The summed E-state index contributed by atoms with van der Waals surface area (Å²) in [5.74, 6) is 1.36. The third kappa shape index (κ3) is 3.13. The number of aryl methyl sites for hydroxylation is 1. The highest BCUT2D eigenvalue weighted by Crippen LogP contribution is 2.27. The summed E-state index contributed by atoms with van der Waals surface area (Å²) in [6.07, 6.45) is 0.674. The van der Waals surface area contributed by atoms with Crippen molar-refractivity contribution >= 4 is 23.8 Å². The number of nitrogens with zero attached hydrogens (tertiary/aromatic N) is 2. The first-order valence-corrected chi connectivity index (χ1v) is 8.78. The molecule has 0 aliphatic carbocycles. The molecule has 1 atom stereocenters. The molecule has 0 saturated carbocycles. The molecule has 1 amide bonds. The van der Waals surface area contributed by atoms with Gasteiger partial charge in [0.1, 0.15) is 18.2 Å². The molecule has 132 valence electrons. The Kier molecular flexibility index (Phi) is 4.30. The summed E-state index contributed by atoms with van der Waals surface area (Å²) in [4.78, 5) is 12.7. The van der Waals surface area contributed by atoms with Crippen molar-refractivity contribution in [2.75, 3.05) is 11.9 Å². The van der Waals surface area contributed by atoms with Crippen molar-refractivity contribution in [2.45, 2.75) is 13.3 Å². The molecule has 0 spiro atoms. The number of benzene rings is 2. The van der Waals surface area contributed by atoms with Crippen LogP contribution in [-0.2, 0) is 11.2 Å². The highest BCUT2D eigenvalue weighted by Gasteiger charge is 2.25. The van der Waals surface area contributed by atoms with Crippen molar-refractivity contribution in [2.24, 2.45) is 5.92 Å². The van der Waals surface area contributed by atoms with Crippen LogP contribution >= 0.6 is 12.2 Å². The maximum atomic E-state index is 12.7. The second kappa shape index (κ2) is 6.76. The Morgan fingerprint density at radius 1 is 1.31 bits per heavy atom. The second-order valence-corrected chi connectivity index (χ2v) is 6.66. The molecule has 0 radical (unpaired) electrons. The van der Waals surface area contributed by atoms with Crippen molar-refractivity contribution in [3.05, 3.63) is 64.7 Å². The Balaban J connectivity index is 1.52. The molecule has 6 nitrogen and oxygen atoms in total. The third-order valence-corrected chi connectivity index (χ3v) is 4.74. The molecular weight excluding hydrogens is 348 g/mol. The Morgan fingerprint density at radius 3 is 2.96 bits per heavy atom. The number of aromatic nitrogens is 3. The fraction of sp³-hybridized carbons (Fsp3) is 0.211. The van der Waals surface area contributed by atoms with E-state index in [2.05, 4.69) is 15.5 Å². The van der Waals surface area contributed by atoms with Gasteiger partial charge in [0.15, 0.2) is 4.77 Å². The zero-order chi connectivity index (χ0) is 18.1. The fourth-order valence-electron chi connectivity index (χ4n) is 3.14. The smallest absolute Gasteiger partial charge is 0.231 e. The minimum atomic E-state index is -0.216. The standard InChI is InChI=1S/C19H18N4O2S/c1-12-21-22-19(26)23(12)16-7-4-6-15(10-16)20-18(24)14-9-13-5-2-3-8-17(13)25-11-14/h2-8,10,14H,9,11H2,1H3,(H,20,24)(H,22,26)/t14-/m1/s1. The van der Waals surface area contributed by atoms with Gasteiger partial charge in [0, 0.05) is 5.69 Å². The average molecular weight is 366 g/mol. The Morgan fingerprint density at radius 2 is 2.15 bits per heavy atom. The van der Waals surface area contributed by atoms with E-state index in [0.29, 0.717) is 23.5 Å². The third-order valence-electron chi connectivity index (χ3n) is 4.46. The van der Waals surface area contributed by atoms with Crippen LogP contribution in [0.5, 0.6) is 5.75 Å². The van der Waals surface area contributed by atoms with Crippen LogP contribution < -0.4 is 10.1 Å². The molecule has 26 heavy (non-hydrogen) atoms. The number of hydrogen-bond acceptors (Lipinski definition) is 4.